The van der Waals surface area contributed by atoms with Gasteiger partial charge >= 0.3 is 0 Å². The van der Waals surface area contributed by atoms with Gasteiger partial charge in [0.05, 0.1) is 5.56 Å². The molecule has 3 aromatic rings. The zero-order valence-corrected chi connectivity index (χ0v) is 11.7. The summed E-state index contributed by atoms with van der Waals surface area (Å²) in [6, 6.07) is 3.30. The Hall–Kier alpha value is -2.81. The molecule has 21 heavy (non-hydrogen) atoms. The maximum absolute atomic E-state index is 12.1. The number of nitrogens with zero attached hydrogens (tertiary/aromatic N) is 4. The van der Waals surface area contributed by atoms with Gasteiger partial charge in [0, 0.05) is 11.9 Å². The van der Waals surface area contributed by atoms with Gasteiger partial charge in [-0.2, -0.15) is 4.98 Å². The van der Waals surface area contributed by atoms with Crippen LogP contribution in [0.1, 0.15) is 26.7 Å². The van der Waals surface area contributed by atoms with E-state index in [1.807, 2.05) is 6.92 Å². The molecule has 3 aromatic heterocycles. The summed E-state index contributed by atoms with van der Waals surface area (Å²) >= 11 is 1.20. The highest BCUT2D eigenvalue weighted by Gasteiger charge is 2.18. The molecule has 0 aliphatic heterocycles. The number of primary amides is 1. The molecule has 0 fully saturated rings. The second-order valence-electron chi connectivity index (χ2n) is 4.22. The zero-order chi connectivity index (χ0) is 15.0. The molecule has 0 aliphatic carbocycles. The molecule has 9 heteroatoms. The Balaban J connectivity index is 1.92. The third kappa shape index (κ3) is 2.34. The molecule has 0 bridgehead atoms. The smallest absolute Gasteiger partial charge is 0.296 e. The standard InChI is InChI=1S/C12H10N6O2S/c1-6-2-4-14-12-15-9(17-18(6)12)10(20)16-11-7(8(13)19)3-5-21-11/h2-5H,1H3,(H2,13,19)(H,16,20). The highest BCUT2D eigenvalue weighted by Crippen LogP contribution is 2.23. The van der Waals surface area contributed by atoms with E-state index in [9.17, 15) is 9.59 Å². The molecular formula is C12H10N6O2S. The minimum Gasteiger partial charge on any atom is -0.366 e. The number of aromatic nitrogens is 4. The average molecular weight is 302 g/mol. The topological polar surface area (TPSA) is 115 Å². The van der Waals surface area contributed by atoms with Crippen molar-refractivity contribution in [2.75, 3.05) is 5.32 Å². The Bertz CT molecular complexity index is 852. The fourth-order valence-corrected chi connectivity index (χ4v) is 2.55. The molecule has 3 heterocycles. The summed E-state index contributed by atoms with van der Waals surface area (Å²) < 4.78 is 1.47. The van der Waals surface area contributed by atoms with E-state index >= 15 is 0 Å². The van der Waals surface area contributed by atoms with E-state index in [0.29, 0.717) is 10.8 Å². The van der Waals surface area contributed by atoms with Crippen molar-refractivity contribution in [3.05, 3.63) is 40.8 Å². The molecule has 0 saturated carbocycles. The van der Waals surface area contributed by atoms with E-state index in [2.05, 4.69) is 20.4 Å². The largest absolute Gasteiger partial charge is 0.366 e. The molecule has 106 valence electrons. The van der Waals surface area contributed by atoms with Crippen molar-refractivity contribution in [3.63, 3.8) is 0 Å². The van der Waals surface area contributed by atoms with Gasteiger partial charge in [-0.05, 0) is 24.4 Å². The average Bonchev–Trinajstić information content (AvgIpc) is 3.05. The number of fused-ring (bicyclic) bond motifs is 1. The number of nitrogens with one attached hydrogen (secondary N) is 1. The number of aryl methyl sites for hydroxylation is 1. The highest BCUT2D eigenvalue weighted by molar-refractivity contribution is 7.14. The summed E-state index contributed by atoms with van der Waals surface area (Å²) in [5, 5.41) is 8.70. The first-order valence-electron chi connectivity index (χ1n) is 5.93. The van der Waals surface area contributed by atoms with Gasteiger partial charge in [0.1, 0.15) is 5.00 Å². The minimum atomic E-state index is -0.605. The normalized spacial score (nSPS) is 10.7. The van der Waals surface area contributed by atoms with Crippen LogP contribution in [-0.4, -0.2) is 31.4 Å². The Morgan fingerprint density at radius 3 is 2.90 bits per heavy atom. The Kier molecular flexibility index (Phi) is 3.10. The molecule has 0 unspecified atom stereocenters. The lowest BCUT2D eigenvalue weighted by molar-refractivity contribution is 0.100. The van der Waals surface area contributed by atoms with E-state index < -0.39 is 11.8 Å². The first-order chi connectivity index (χ1) is 10.1. The van der Waals surface area contributed by atoms with Crippen LogP contribution in [0.3, 0.4) is 0 Å². The Morgan fingerprint density at radius 1 is 1.38 bits per heavy atom. The van der Waals surface area contributed by atoms with E-state index in [0.717, 1.165) is 5.69 Å². The van der Waals surface area contributed by atoms with E-state index in [1.54, 1.807) is 23.7 Å². The lowest BCUT2D eigenvalue weighted by Gasteiger charge is -2.00. The van der Waals surface area contributed by atoms with E-state index in [-0.39, 0.29) is 11.4 Å². The fourth-order valence-electron chi connectivity index (χ4n) is 1.76. The second kappa shape index (κ2) is 4.94. The number of nitrogens with two attached hydrogens (primary N) is 1. The second-order valence-corrected chi connectivity index (χ2v) is 5.13. The van der Waals surface area contributed by atoms with Crippen LogP contribution < -0.4 is 11.1 Å². The summed E-state index contributed by atoms with van der Waals surface area (Å²) in [7, 11) is 0. The van der Waals surface area contributed by atoms with Gasteiger partial charge in [0.2, 0.25) is 5.82 Å². The molecule has 0 aliphatic rings. The van der Waals surface area contributed by atoms with Crippen molar-refractivity contribution in [3.8, 4) is 0 Å². The predicted molar refractivity (Wildman–Crippen MR) is 76.3 cm³/mol. The molecule has 3 N–H and O–H groups in total. The summed E-state index contributed by atoms with van der Waals surface area (Å²) in [4.78, 5) is 31.4. The van der Waals surface area contributed by atoms with Gasteiger partial charge in [0.15, 0.2) is 0 Å². The zero-order valence-electron chi connectivity index (χ0n) is 10.9. The summed E-state index contributed by atoms with van der Waals surface area (Å²) in [6.45, 7) is 1.83. The van der Waals surface area contributed by atoms with Crippen LogP contribution >= 0.6 is 11.3 Å². The highest BCUT2D eigenvalue weighted by atomic mass is 32.1. The molecule has 3 rings (SSSR count). The maximum atomic E-state index is 12.1. The molecular weight excluding hydrogens is 292 g/mol. The van der Waals surface area contributed by atoms with Gasteiger partial charge in [-0.3, -0.25) is 9.59 Å². The van der Waals surface area contributed by atoms with Crippen LogP contribution in [0, 0.1) is 6.92 Å². The molecule has 0 aromatic carbocycles. The fraction of sp³-hybridized carbons (Fsp3) is 0.0833. The van der Waals surface area contributed by atoms with Crippen LogP contribution in [0.2, 0.25) is 0 Å². The molecule has 2 amide bonds. The lowest BCUT2D eigenvalue weighted by Crippen LogP contribution is -2.17. The summed E-state index contributed by atoms with van der Waals surface area (Å²) in [6.07, 6.45) is 1.59. The van der Waals surface area contributed by atoms with Gasteiger partial charge in [-0.25, -0.2) is 9.50 Å². The Morgan fingerprint density at radius 2 is 2.19 bits per heavy atom. The lowest BCUT2D eigenvalue weighted by atomic mass is 10.3. The molecule has 8 nitrogen and oxygen atoms in total. The van der Waals surface area contributed by atoms with Crippen molar-refractivity contribution >= 4 is 33.9 Å². The molecule has 0 radical (unpaired) electrons. The van der Waals surface area contributed by atoms with Crippen LogP contribution in [0.4, 0.5) is 5.00 Å². The third-order valence-electron chi connectivity index (χ3n) is 2.79. The molecule has 0 saturated heterocycles. The third-order valence-corrected chi connectivity index (χ3v) is 3.62. The number of hydrogen-bond acceptors (Lipinski definition) is 6. The van der Waals surface area contributed by atoms with Crippen molar-refractivity contribution in [2.45, 2.75) is 6.92 Å². The number of carbonyl (C=O) groups is 2. The van der Waals surface area contributed by atoms with Gasteiger partial charge < -0.3 is 11.1 Å². The number of carbonyl (C=O) groups excluding carboxylic acids is 2. The van der Waals surface area contributed by atoms with Crippen molar-refractivity contribution < 1.29 is 9.59 Å². The van der Waals surface area contributed by atoms with Crippen LogP contribution in [0.15, 0.2) is 23.7 Å². The first-order valence-corrected chi connectivity index (χ1v) is 6.81. The number of anilines is 1. The molecule has 0 atom stereocenters. The minimum absolute atomic E-state index is 0.0272. The van der Waals surface area contributed by atoms with Crippen molar-refractivity contribution in [2.24, 2.45) is 5.73 Å². The summed E-state index contributed by atoms with van der Waals surface area (Å²) in [5.74, 6) is -0.820. The van der Waals surface area contributed by atoms with Gasteiger partial charge in [-0.1, -0.05) is 0 Å². The summed E-state index contributed by atoms with van der Waals surface area (Å²) in [5.41, 5.74) is 6.29. The predicted octanol–water partition coefficient (Wildman–Crippen LogP) is 0.845. The molecule has 0 spiro atoms. The van der Waals surface area contributed by atoms with E-state index in [1.165, 1.54) is 15.9 Å². The van der Waals surface area contributed by atoms with Crippen LogP contribution in [0.25, 0.3) is 5.78 Å². The number of rotatable bonds is 3. The Labute approximate surface area is 122 Å². The maximum Gasteiger partial charge on any atom is 0.296 e. The monoisotopic (exact) mass is 302 g/mol. The van der Waals surface area contributed by atoms with Crippen LogP contribution in [-0.2, 0) is 0 Å². The number of thiophene rings is 1. The first kappa shape index (κ1) is 13.2. The number of hydrogen-bond donors (Lipinski definition) is 2. The van der Waals surface area contributed by atoms with Crippen molar-refractivity contribution in [1.82, 2.24) is 19.6 Å². The van der Waals surface area contributed by atoms with Gasteiger partial charge in [0.25, 0.3) is 17.6 Å². The van der Waals surface area contributed by atoms with Crippen LogP contribution in [0.5, 0.6) is 0 Å². The quantitative estimate of drug-likeness (QED) is 0.744. The SMILES string of the molecule is Cc1ccnc2nc(C(=O)Nc3sccc3C(N)=O)nn12. The van der Waals surface area contributed by atoms with Crippen molar-refractivity contribution in [1.29, 1.82) is 0 Å². The number of amides is 2. The van der Waals surface area contributed by atoms with Gasteiger partial charge in [-0.15, -0.1) is 16.4 Å². The van der Waals surface area contributed by atoms with E-state index in [4.69, 9.17) is 5.73 Å².